The Labute approximate surface area is 128 Å². The van der Waals surface area contributed by atoms with E-state index in [0.29, 0.717) is 11.4 Å². The molecule has 0 spiro atoms. The number of hydrogen-bond donors (Lipinski definition) is 1. The molecule has 1 aromatic rings. The first-order chi connectivity index (χ1) is 9.77. The molecule has 6 heteroatoms. The number of benzene rings is 1. The fraction of sp³-hybridized carbons (Fsp3) is 0.533. The number of halogens is 2. The number of hydrogen-bond acceptors (Lipinski definition) is 2. The third-order valence-electron chi connectivity index (χ3n) is 3.69. The Morgan fingerprint density at radius 1 is 1.48 bits per heavy atom. The van der Waals surface area contributed by atoms with Gasteiger partial charge in [-0.1, -0.05) is 23.7 Å². The van der Waals surface area contributed by atoms with Gasteiger partial charge in [-0.2, -0.15) is 0 Å². The van der Waals surface area contributed by atoms with Gasteiger partial charge in [-0.25, -0.2) is 9.18 Å². The molecule has 1 heterocycles. The minimum Gasteiger partial charge on any atom is -0.465 e. The maximum Gasteiger partial charge on any atom is 0.407 e. The highest BCUT2D eigenvalue weighted by molar-refractivity contribution is 6.30. The van der Waals surface area contributed by atoms with Crippen LogP contribution in [0.3, 0.4) is 0 Å². The summed E-state index contributed by atoms with van der Waals surface area (Å²) < 4.78 is 19.5. The second-order valence-electron chi connectivity index (χ2n) is 5.81. The van der Waals surface area contributed by atoms with Crippen LogP contribution in [-0.4, -0.2) is 47.1 Å². The van der Waals surface area contributed by atoms with Crippen molar-refractivity contribution in [2.75, 3.05) is 13.2 Å². The zero-order valence-corrected chi connectivity index (χ0v) is 12.8. The van der Waals surface area contributed by atoms with Gasteiger partial charge in [-0.3, -0.25) is 4.90 Å². The first-order valence-corrected chi connectivity index (χ1v) is 7.19. The first kappa shape index (κ1) is 16.0. The standard InChI is InChI=1S/C15H19ClFNO3/c1-15(2,17)13-8-18(14(19)20)12(9-21-13)7-10-3-5-11(16)6-4-10/h3-6,12-13H,7-9H2,1-2H3,(H,19,20)/t12-,13+/m0/s1. The highest BCUT2D eigenvalue weighted by Crippen LogP contribution is 2.25. The van der Waals surface area contributed by atoms with Gasteiger partial charge in [0.1, 0.15) is 11.8 Å². The van der Waals surface area contributed by atoms with Gasteiger partial charge in [-0.15, -0.1) is 0 Å². The van der Waals surface area contributed by atoms with E-state index in [1.165, 1.54) is 18.7 Å². The SMILES string of the molecule is CC(C)(F)[C@H]1CN(C(=O)O)[C@@H](Cc2ccc(Cl)cc2)CO1. The summed E-state index contributed by atoms with van der Waals surface area (Å²) in [6.45, 7) is 3.03. The Bertz CT molecular complexity index is 501. The highest BCUT2D eigenvalue weighted by atomic mass is 35.5. The molecule has 1 amide bonds. The fourth-order valence-electron chi connectivity index (χ4n) is 2.41. The smallest absolute Gasteiger partial charge is 0.407 e. The van der Waals surface area contributed by atoms with E-state index in [0.717, 1.165) is 5.56 Å². The molecule has 4 nitrogen and oxygen atoms in total. The maximum absolute atomic E-state index is 14.0. The number of carboxylic acid groups (broad SMARTS) is 1. The normalized spacial score (nSPS) is 23.1. The molecular weight excluding hydrogens is 297 g/mol. The van der Waals surface area contributed by atoms with E-state index in [4.69, 9.17) is 16.3 Å². The van der Waals surface area contributed by atoms with Crippen LogP contribution in [0.2, 0.25) is 5.02 Å². The first-order valence-electron chi connectivity index (χ1n) is 6.82. The second kappa shape index (κ2) is 6.20. The van der Waals surface area contributed by atoms with Gasteiger partial charge in [0.15, 0.2) is 0 Å². The van der Waals surface area contributed by atoms with Crippen LogP contribution in [0.4, 0.5) is 9.18 Å². The van der Waals surface area contributed by atoms with Gasteiger partial charge in [0.05, 0.1) is 19.2 Å². The monoisotopic (exact) mass is 315 g/mol. The molecule has 1 fully saturated rings. The number of amides is 1. The lowest BCUT2D eigenvalue weighted by Gasteiger charge is -2.41. The lowest BCUT2D eigenvalue weighted by Crippen LogP contribution is -2.57. The molecule has 1 N–H and O–H groups in total. The van der Waals surface area contributed by atoms with E-state index in [-0.39, 0.29) is 19.2 Å². The summed E-state index contributed by atoms with van der Waals surface area (Å²) in [5, 5.41) is 9.97. The number of carbonyl (C=O) groups is 1. The van der Waals surface area contributed by atoms with E-state index < -0.39 is 17.9 Å². The van der Waals surface area contributed by atoms with Crippen LogP contribution in [0.25, 0.3) is 0 Å². The lowest BCUT2D eigenvalue weighted by molar-refractivity contribution is -0.110. The summed E-state index contributed by atoms with van der Waals surface area (Å²) in [4.78, 5) is 12.7. The topological polar surface area (TPSA) is 49.8 Å². The van der Waals surface area contributed by atoms with Crippen molar-refractivity contribution in [2.45, 2.75) is 38.1 Å². The van der Waals surface area contributed by atoms with E-state index in [9.17, 15) is 14.3 Å². The van der Waals surface area contributed by atoms with Crippen molar-refractivity contribution in [3.05, 3.63) is 34.9 Å². The van der Waals surface area contributed by atoms with Crippen molar-refractivity contribution >= 4 is 17.7 Å². The van der Waals surface area contributed by atoms with Gasteiger partial charge >= 0.3 is 6.09 Å². The Balaban J connectivity index is 2.09. The predicted molar refractivity (Wildman–Crippen MR) is 78.6 cm³/mol. The van der Waals surface area contributed by atoms with Gasteiger partial charge < -0.3 is 9.84 Å². The minimum absolute atomic E-state index is 0.0388. The average molecular weight is 316 g/mol. The molecule has 0 radical (unpaired) electrons. The third kappa shape index (κ3) is 4.08. The Hall–Kier alpha value is -1.33. The molecule has 2 rings (SSSR count). The molecule has 1 aliphatic heterocycles. The van der Waals surface area contributed by atoms with E-state index >= 15 is 0 Å². The van der Waals surface area contributed by atoms with Gasteiger partial charge in [0.2, 0.25) is 0 Å². The highest BCUT2D eigenvalue weighted by Gasteiger charge is 2.40. The number of alkyl halides is 1. The molecule has 0 aliphatic carbocycles. The van der Waals surface area contributed by atoms with Crippen LogP contribution < -0.4 is 0 Å². The average Bonchev–Trinajstić information content (AvgIpc) is 2.40. The summed E-state index contributed by atoms with van der Waals surface area (Å²) in [6.07, 6.45) is -1.27. The molecule has 0 aromatic heterocycles. The van der Waals surface area contributed by atoms with Crippen LogP contribution >= 0.6 is 11.6 Å². The lowest BCUT2D eigenvalue weighted by atomic mass is 9.98. The summed E-state index contributed by atoms with van der Waals surface area (Å²) in [5.41, 5.74) is -0.601. The quantitative estimate of drug-likeness (QED) is 0.930. The van der Waals surface area contributed by atoms with Crippen molar-refractivity contribution in [3.8, 4) is 0 Å². The minimum atomic E-state index is -1.57. The van der Waals surface area contributed by atoms with Crippen LogP contribution in [-0.2, 0) is 11.2 Å². The number of morpholine rings is 1. The number of rotatable bonds is 3. The molecule has 0 saturated carbocycles. The van der Waals surface area contributed by atoms with Crippen LogP contribution in [0.15, 0.2) is 24.3 Å². The van der Waals surface area contributed by atoms with E-state index in [1.54, 1.807) is 12.1 Å². The van der Waals surface area contributed by atoms with E-state index in [2.05, 4.69) is 0 Å². The molecule has 0 unspecified atom stereocenters. The maximum atomic E-state index is 14.0. The third-order valence-corrected chi connectivity index (χ3v) is 3.94. The molecule has 1 aromatic carbocycles. The molecular formula is C15H19ClFNO3. The van der Waals surface area contributed by atoms with Gasteiger partial charge in [0.25, 0.3) is 0 Å². The van der Waals surface area contributed by atoms with Crippen molar-refractivity contribution < 1.29 is 19.0 Å². The van der Waals surface area contributed by atoms with Crippen LogP contribution in [0.1, 0.15) is 19.4 Å². The summed E-state index contributed by atoms with van der Waals surface area (Å²) in [5.74, 6) is 0. The summed E-state index contributed by atoms with van der Waals surface area (Å²) in [6, 6.07) is 6.92. The Kier molecular flexibility index (Phi) is 4.74. The van der Waals surface area contributed by atoms with Crippen molar-refractivity contribution in [1.82, 2.24) is 4.90 Å². The Morgan fingerprint density at radius 3 is 2.62 bits per heavy atom. The van der Waals surface area contributed by atoms with Gasteiger partial charge in [-0.05, 0) is 38.0 Å². The summed E-state index contributed by atoms with van der Waals surface area (Å²) >= 11 is 5.83. The van der Waals surface area contributed by atoms with Gasteiger partial charge in [0, 0.05) is 5.02 Å². The molecule has 2 atom stereocenters. The largest absolute Gasteiger partial charge is 0.465 e. The molecule has 21 heavy (non-hydrogen) atoms. The molecule has 0 bridgehead atoms. The molecule has 1 saturated heterocycles. The van der Waals surface area contributed by atoms with Crippen LogP contribution in [0.5, 0.6) is 0 Å². The molecule has 116 valence electrons. The fourth-order valence-corrected chi connectivity index (χ4v) is 2.53. The molecule has 1 aliphatic rings. The zero-order chi connectivity index (χ0) is 15.6. The van der Waals surface area contributed by atoms with Crippen molar-refractivity contribution in [1.29, 1.82) is 0 Å². The van der Waals surface area contributed by atoms with E-state index in [1.807, 2.05) is 12.1 Å². The zero-order valence-electron chi connectivity index (χ0n) is 12.1. The van der Waals surface area contributed by atoms with Crippen LogP contribution in [0, 0.1) is 0 Å². The van der Waals surface area contributed by atoms with Crippen molar-refractivity contribution in [3.63, 3.8) is 0 Å². The predicted octanol–water partition coefficient (Wildman–Crippen LogP) is 3.38. The number of ether oxygens (including phenoxy) is 1. The second-order valence-corrected chi connectivity index (χ2v) is 6.24. The number of nitrogens with zero attached hydrogens (tertiary/aromatic N) is 1. The van der Waals surface area contributed by atoms with Crippen molar-refractivity contribution in [2.24, 2.45) is 0 Å². The Morgan fingerprint density at radius 2 is 2.10 bits per heavy atom. The summed E-state index contributed by atoms with van der Waals surface area (Å²) in [7, 11) is 0.